The standard InChI is InChI=1S/C14H28N2O3/c1-6-18-13(17)14(4,15-5)9-11(2)16-7-8-19-12(3)10-16/h11-12,15H,6-10H2,1-5H3. The smallest absolute Gasteiger partial charge is 0.326 e. The molecule has 1 N–H and O–H groups in total. The van der Waals surface area contributed by atoms with Crippen molar-refractivity contribution in [3.63, 3.8) is 0 Å². The fourth-order valence-corrected chi connectivity index (χ4v) is 2.54. The maximum Gasteiger partial charge on any atom is 0.326 e. The van der Waals surface area contributed by atoms with E-state index >= 15 is 0 Å². The highest BCUT2D eigenvalue weighted by atomic mass is 16.5. The molecule has 0 spiro atoms. The van der Waals surface area contributed by atoms with Crippen LogP contribution < -0.4 is 5.32 Å². The van der Waals surface area contributed by atoms with Crippen molar-refractivity contribution in [2.75, 3.05) is 33.4 Å². The van der Waals surface area contributed by atoms with Crippen molar-refractivity contribution < 1.29 is 14.3 Å². The summed E-state index contributed by atoms with van der Waals surface area (Å²) < 4.78 is 10.7. The van der Waals surface area contributed by atoms with Gasteiger partial charge in [0.25, 0.3) is 0 Å². The Morgan fingerprint density at radius 1 is 1.63 bits per heavy atom. The van der Waals surface area contributed by atoms with Crippen LogP contribution in [0.25, 0.3) is 0 Å². The Morgan fingerprint density at radius 2 is 2.32 bits per heavy atom. The Labute approximate surface area is 116 Å². The van der Waals surface area contributed by atoms with Crippen molar-refractivity contribution in [3.05, 3.63) is 0 Å². The van der Waals surface area contributed by atoms with Gasteiger partial charge in [-0.15, -0.1) is 0 Å². The molecule has 1 fully saturated rings. The molecule has 0 bridgehead atoms. The molecule has 1 heterocycles. The van der Waals surface area contributed by atoms with Gasteiger partial charge in [0, 0.05) is 19.1 Å². The van der Waals surface area contributed by atoms with E-state index < -0.39 is 5.54 Å². The van der Waals surface area contributed by atoms with Crippen LogP contribution in [0.3, 0.4) is 0 Å². The Bertz CT molecular complexity index is 298. The van der Waals surface area contributed by atoms with Crippen LogP contribution in [0.4, 0.5) is 0 Å². The Balaban J connectivity index is 2.61. The van der Waals surface area contributed by atoms with E-state index in [1.165, 1.54) is 0 Å². The second-order valence-electron chi connectivity index (χ2n) is 5.53. The molecule has 1 saturated heterocycles. The molecule has 0 amide bonds. The number of nitrogens with zero attached hydrogens (tertiary/aromatic N) is 1. The van der Waals surface area contributed by atoms with Crippen LogP contribution in [-0.4, -0.2) is 61.9 Å². The number of hydrogen-bond donors (Lipinski definition) is 1. The molecule has 0 radical (unpaired) electrons. The van der Waals surface area contributed by atoms with Crippen LogP contribution in [0, 0.1) is 0 Å². The molecule has 0 aromatic rings. The van der Waals surface area contributed by atoms with E-state index in [0.717, 1.165) is 26.1 Å². The zero-order valence-electron chi connectivity index (χ0n) is 12.9. The lowest BCUT2D eigenvalue weighted by atomic mass is 9.92. The first-order chi connectivity index (χ1) is 8.92. The Hall–Kier alpha value is -0.650. The largest absolute Gasteiger partial charge is 0.465 e. The second kappa shape index (κ2) is 7.22. The minimum Gasteiger partial charge on any atom is -0.465 e. The van der Waals surface area contributed by atoms with Gasteiger partial charge in [0.2, 0.25) is 0 Å². The second-order valence-corrected chi connectivity index (χ2v) is 5.53. The van der Waals surface area contributed by atoms with Crippen molar-refractivity contribution in [1.29, 1.82) is 0 Å². The van der Waals surface area contributed by atoms with Gasteiger partial charge >= 0.3 is 5.97 Å². The average molecular weight is 272 g/mol. The summed E-state index contributed by atoms with van der Waals surface area (Å²) in [7, 11) is 1.81. The fraction of sp³-hybridized carbons (Fsp3) is 0.929. The molecular formula is C14H28N2O3. The van der Waals surface area contributed by atoms with Gasteiger partial charge in [-0.25, -0.2) is 0 Å². The predicted octanol–water partition coefficient (Wildman–Crippen LogP) is 1.03. The van der Waals surface area contributed by atoms with E-state index in [9.17, 15) is 4.79 Å². The number of likely N-dealkylation sites (N-methyl/N-ethyl adjacent to an activating group) is 1. The maximum absolute atomic E-state index is 12.1. The van der Waals surface area contributed by atoms with Crippen LogP contribution in [-0.2, 0) is 14.3 Å². The van der Waals surface area contributed by atoms with E-state index in [1.54, 1.807) is 0 Å². The Morgan fingerprint density at radius 3 is 2.84 bits per heavy atom. The molecule has 0 saturated carbocycles. The van der Waals surface area contributed by atoms with Crippen molar-refractivity contribution in [1.82, 2.24) is 10.2 Å². The number of hydrogen-bond acceptors (Lipinski definition) is 5. The number of morpholine rings is 1. The summed E-state index contributed by atoms with van der Waals surface area (Å²) in [4.78, 5) is 14.4. The summed E-state index contributed by atoms with van der Waals surface area (Å²) >= 11 is 0. The van der Waals surface area contributed by atoms with E-state index in [0.29, 0.717) is 12.6 Å². The number of esters is 1. The minimum absolute atomic E-state index is 0.175. The number of carbonyl (C=O) groups is 1. The molecule has 5 nitrogen and oxygen atoms in total. The van der Waals surface area contributed by atoms with Gasteiger partial charge < -0.3 is 14.8 Å². The first-order valence-electron chi connectivity index (χ1n) is 7.14. The molecule has 1 aliphatic rings. The van der Waals surface area contributed by atoms with Gasteiger partial charge in [0.05, 0.1) is 19.3 Å². The fourth-order valence-electron chi connectivity index (χ4n) is 2.54. The molecule has 0 aromatic carbocycles. The topological polar surface area (TPSA) is 50.8 Å². The van der Waals surface area contributed by atoms with E-state index in [-0.39, 0.29) is 12.1 Å². The summed E-state index contributed by atoms with van der Waals surface area (Å²) in [5.74, 6) is -0.175. The summed E-state index contributed by atoms with van der Waals surface area (Å²) in [6, 6.07) is 0.313. The van der Waals surface area contributed by atoms with Gasteiger partial charge in [0.1, 0.15) is 5.54 Å². The summed E-state index contributed by atoms with van der Waals surface area (Å²) in [5, 5.41) is 3.11. The third kappa shape index (κ3) is 4.44. The van der Waals surface area contributed by atoms with Gasteiger partial charge in [-0.2, -0.15) is 0 Å². The van der Waals surface area contributed by atoms with Crippen molar-refractivity contribution in [2.45, 2.75) is 51.8 Å². The average Bonchev–Trinajstić information content (AvgIpc) is 2.38. The van der Waals surface area contributed by atoms with Gasteiger partial charge in [-0.3, -0.25) is 9.69 Å². The van der Waals surface area contributed by atoms with Crippen molar-refractivity contribution in [2.24, 2.45) is 0 Å². The molecule has 1 rings (SSSR count). The van der Waals surface area contributed by atoms with Gasteiger partial charge in [-0.1, -0.05) is 0 Å². The summed E-state index contributed by atoms with van der Waals surface area (Å²) in [6.07, 6.45) is 0.995. The first-order valence-corrected chi connectivity index (χ1v) is 7.14. The minimum atomic E-state index is -0.628. The van der Waals surface area contributed by atoms with E-state index in [4.69, 9.17) is 9.47 Å². The van der Waals surface area contributed by atoms with Crippen LogP contribution >= 0.6 is 0 Å². The van der Waals surface area contributed by atoms with Crippen LogP contribution in [0.1, 0.15) is 34.1 Å². The molecule has 0 aliphatic carbocycles. The highest BCUT2D eigenvalue weighted by molar-refractivity contribution is 5.80. The lowest BCUT2D eigenvalue weighted by Crippen LogP contribution is -2.54. The lowest BCUT2D eigenvalue weighted by Gasteiger charge is -2.39. The molecule has 3 atom stereocenters. The number of ether oxygens (including phenoxy) is 2. The number of carbonyl (C=O) groups excluding carboxylic acids is 1. The van der Waals surface area contributed by atoms with E-state index in [1.807, 2.05) is 20.9 Å². The summed E-state index contributed by atoms with van der Waals surface area (Å²) in [5.41, 5.74) is -0.628. The third-order valence-electron chi connectivity index (χ3n) is 3.88. The quantitative estimate of drug-likeness (QED) is 0.732. The lowest BCUT2D eigenvalue weighted by molar-refractivity contribution is -0.151. The normalized spacial score (nSPS) is 25.6. The van der Waals surface area contributed by atoms with Crippen LogP contribution in [0.15, 0.2) is 0 Å². The first kappa shape index (κ1) is 16.4. The molecular weight excluding hydrogens is 244 g/mol. The van der Waals surface area contributed by atoms with Gasteiger partial charge in [-0.05, 0) is 41.2 Å². The SMILES string of the molecule is CCOC(=O)C(C)(CC(C)N1CCOC(C)C1)NC. The van der Waals surface area contributed by atoms with Crippen molar-refractivity contribution in [3.8, 4) is 0 Å². The molecule has 112 valence electrons. The van der Waals surface area contributed by atoms with Crippen molar-refractivity contribution >= 4 is 5.97 Å². The number of rotatable bonds is 6. The van der Waals surface area contributed by atoms with Gasteiger partial charge in [0.15, 0.2) is 0 Å². The molecule has 1 aliphatic heterocycles. The number of nitrogens with one attached hydrogen (secondary N) is 1. The van der Waals surface area contributed by atoms with E-state index in [2.05, 4.69) is 24.1 Å². The maximum atomic E-state index is 12.1. The Kier molecular flexibility index (Phi) is 6.23. The van der Waals surface area contributed by atoms with Crippen LogP contribution in [0.2, 0.25) is 0 Å². The highest BCUT2D eigenvalue weighted by Gasteiger charge is 2.36. The molecule has 5 heteroatoms. The van der Waals surface area contributed by atoms with Crippen LogP contribution in [0.5, 0.6) is 0 Å². The molecule has 3 unspecified atom stereocenters. The summed E-state index contributed by atoms with van der Waals surface area (Å²) in [6.45, 7) is 11.0. The highest BCUT2D eigenvalue weighted by Crippen LogP contribution is 2.19. The molecule has 0 aromatic heterocycles. The zero-order valence-corrected chi connectivity index (χ0v) is 12.9. The predicted molar refractivity (Wildman–Crippen MR) is 75.2 cm³/mol. The molecule has 19 heavy (non-hydrogen) atoms. The zero-order chi connectivity index (χ0) is 14.5. The third-order valence-corrected chi connectivity index (χ3v) is 3.88. The monoisotopic (exact) mass is 272 g/mol.